The lowest BCUT2D eigenvalue weighted by Gasteiger charge is -2.35. The first kappa shape index (κ1) is 20.6. The van der Waals surface area contributed by atoms with Gasteiger partial charge in [0.1, 0.15) is 23.2 Å². The molecular weight excluding hydrogens is 408 g/mol. The van der Waals surface area contributed by atoms with Gasteiger partial charge in [0.25, 0.3) is 6.43 Å². The number of carbonyl (C=O) groups excluding carboxylic acids is 1. The summed E-state index contributed by atoms with van der Waals surface area (Å²) in [5, 5.41) is 10.6. The number of rotatable bonds is 4. The summed E-state index contributed by atoms with van der Waals surface area (Å²) in [5.74, 6) is 0.820. The van der Waals surface area contributed by atoms with Gasteiger partial charge in [-0.1, -0.05) is 0 Å². The van der Waals surface area contributed by atoms with Gasteiger partial charge >= 0.3 is 6.09 Å². The molecule has 162 valence electrons. The topological polar surface area (TPSA) is 103 Å². The van der Waals surface area contributed by atoms with Crippen LogP contribution in [0.1, 0.15) is 11.4 Å². The second kappa shape index (κ2) is 8.22. The number of nitriles is 1. The number of H-pyrrole nitrogens is 1. The lowest BCUT2D eigenvalue weighted by molar-refractivity contribution is 0.0311. The number of anilines is 1. The van der Waals surface area contributed by atoms with Gasteiger partial charge in [0.15, 0.2) is 6.61 Å². The van der Waals surface area contributed by atoms with E-state index in [1.165, 1.54) is 4.90 Å². The minimum atomic E-state index is -2.69. The fraction of sp³-hybridized carbons (Fsp3) is 0.400. The third kappa shape index (κ3) is 3.88. The molecule has 1 saturated heterocycles. The summed E-state index contributed by atoms with van der Waals surface area (Å²) in [5.41, 5.74) is 3.11. The van der Waals surface area contributed by atoms with Crippen molar-refractivity contribution in [2.24, 2.45) is 7.05 Å². The highest BCUT2D eigenvalue weighted by Gasteiger charge is 2.26. The highest BCUT2D eigenvalue weighted by atomic mass is 19.3. The van der Waals surface area contributed by atoms with Crippen molar-refractivity contribution in [3.63, 3.8) is 0 Å². The molecule has 1 aliphatic rings. The molecule has 0 unspecified atom stereocenters. The highest BCUT2D eigenvalue weighted by molar-refractivity contribution is 5.99. The van der Waals surface area contributed by atoms with Gasteiger partial charge in [-0.05, 0) is 13.0 Å². The Hall–Kier alpha value is -3.68. The highest BCUT2D eigenvalue weighted by Crippen LogP contribution is 2.35. The monoisotopic (exact) mass is 429 g/mol. The van der Waals surface area contributed by atoms with Crippen molar-refractivity contribution >= 4 is 22.8 Å². The standard InChI is InChI=1S/C20H21F2N7O2/c1-12-25-14(10-27(12)2)18-13(9-23)17-15(3-4-24-19(17)26-18)28-5-7-29(8-6-28)20(30)31-11-16(21)22/h3-4,10,16H,5-8,11H2,1-2H3,(H,24,26). The first-order valence-electron chi connectivity index (χ1n) is 9.75. The van der Waals surface area contributed by atoms with E-state index in [0.29, 0.717) is 54.2 Å². The first-order chi connectivity index (χ1) is 14.9. The summed E-state index contributed by atoms with van der Waals surface area (Å²) >= 11 is 0. The summed E-state index contributed by atoms with van der Waals surface area (Å²) in [7, 11) is 1.88. The smallest absolute Gasteiger partial charge is 0.410 e. The second-order valence-corrected chi connectivity index (χ2v) is 7.27. The molecule has 4 rings (SSSR count). The largest absolute Gasteiger partial charge is 0.443 e. The van der Waals surface area contributed by atoms with Crippen molar-refractivity contribution < 1.29 is 18.3 Å². The maximum atomic E-state index is 12.3. The van der Waals surface area contributed by atoms with Crippen LogP contribution >= 0.6 is 0 Å². The number of aryl methyl sites for hydroxylation is 2. The molecule has 31 heavy (non-hydrogen) atoms. The van der Waals surface area contributed by atoms with Gasteiger partial charge in [-0.25, -0.2) is 23.5 Å². The number of amides is 1. The number of nitrogens with one attached hydrogen (secondary N) is 1. The van der Waals surface area contributed by atoms with Gasteiger partial charge in [-0.3, -0.25) is 0 Å². The van der Waals surface area contributed by atoms with Crippen molar-refractivity contribution in [3.05, 3.63) is 29.8 Å². The van der Waals surface area contributed by atoms with Crippen LogP contribution in [0, 0.1) is 18.3 Å². The predicted octanol–water partition coefficient (Wildman–Crippen LogP) is 2.67. The van der Waals surface area contributed by atoms with Crippen LogP contribution in [0.5, 0.6) is 0 Å². The second-order valence-electron chi connectivity index (χ2n) is 7.27. The van der Waals surface area contributed by atoms with Crippen LogP contribution in [-0.4, -0.2) is 69.7 Å². The van der Waals surface area contributed by atoms with Crippen molar-refractivity contribution in [1.29, 1.82) is 5.26 Å². The number of halogens is 2. The third-order valence-corrected chi connectivity index (χ3v) is 5.36. The van der Waals surface area contributed by atoms with E-state index in [2.05, 4.69) is 25.8 Å². The quantitative estimate of drug-likeness (QED) is 0.684. The number of carbonyl (C=O) groups is 1. The molecule has 0 bridgehead atoms. The van der Waals surface area contributed by atoms with Crippen LogP contribution in [0.2, 0.25) is 0 Å². The van der Waals surface area contributed by atoms with Gasteiger partial charge in [-0.2, -0.15) is 5.26 Å². The Balaban J connectivity index is 1.61. The number of alkyl halides is 2. The van der Waals surface area contributed by atoms with Crippen molar-refractivity contribution in [3.8, 4) is 17.5 Å². The minimum Gasteiger partial charge on any atom is -0.443 e. The number of aromatic amines is 1. The molecule has 3 aromatic rings. The van der Waals surface area contributed by atoms with Crippen LogP contribution in [0.15, 0.2) is 18.5 Å². The lowest BCUT2D eigenvalue weighted by atomic mass is 10.1. The maximum Gasteiger partial charge on any atom is 0.410 e. The Bertz CT molecular complexity index is 1140. The van der Waals surface area contributed by atoms with Crippen LogP contribution < -0.4 is 4.90 Å². The van der Waals surface area contributed by atoms with Gasteiger partial charge < -0.3 is 24.1 Å². The third-order valence-electron chi connectivity index (χ3n) is 5.36. The van der Waals surface area contributed by atoms with Crippen molar-refractivity contribution in [2.45, 2.75) is 13.3 Å². The molecule has 11 heteroatoms. The molecule has 0 aliphatic carbocycles. The number of nitrogens with zero attached hydrogens (tertiary/aromatic N) is 6. The number of piperazine rings is 1. The van der Waals surface area contributed by atoms with E-state index in [0.717, 1.165) is 11.5 Å². The molecule has 4 heterocycles. The summed E-state index contributed by atoms with van der Waals surface area (Å²) in [4.78, 5) is 27.5. The summed E-state index contributed by atoms with van der Waals surface area (Å²) in [6.07, 6.45) is 0.0774. The number of pyridine rings is 1. The molecule has 1 N–H and O–H groups in total. The van der Waals surface area contributed by atoms with Crippen LogP contribution in [0.25, 0.3) is 22.4 Å². The van der Waals surface area contributed by atoms with Crippen molar-refractivity contribution in [1.82, 2.24) is 24.4 Å². The fourth-order valence-corrected chi connectivity index (χ4v) is 3.70. The Morgan fingerprint density at radius 3 is 2.71 bits per heavy atom. The molecule has 1 fully saturated rings. The number of hydrogen-bond acceptors (Lipinski definition) is 6. The molecule has 0 radical (unpaired) electrons. The number of hydrogen-bond donors (Lipinski definition) is 1. The summed E-state index contributed by atoms with van der Waals surface area (Å²) in [6.45, 7) is 2.56. The van der Waals surface area contributed by atoms with Gasteiger partial charge in [-0.15, -0.1) is 0 Å². The van der Waals surface area contributed by atoms with E-state index < -0.39 is 19.1 Å². The van der Waals surface area contributed by atoms with Crippen LogP contribution in [-0.2, 0) is 11.8 Å². The van der Waals surface area contributed by atoms with Crippen molar-refractivity contribution in [2.75, 3.05) is 37.7 Å². The molecule has 0 aromatic carbocycles. The molecule has 1 aliphatic heterocycles. The average molecular weight is 429 g/mol. The maximum absolute atomic E-state index is 12.3. The Kier molecular flexibility index (Phi) is 5.46. The Labute approximate surface area is 176 Å². The molecule has 0 spiro atoms. The van der Waals surface area contributed by atoms with E-state index in [-0.39, 0.29) is 0 Å². The SMILES string of the molecule is Cc1nc(-c2[nH]c3nccc(N4CCN(C(=O)OCC(F)F)CC4)c3c2C#N)cn1C. The van der Waals surface area contributed by atoms with Crippen LogP contribution in [0.3, 0.4) is 0 Å². The van der Waals surface area contributed by atoms with Gasteiger partial charge in [0.05, 0.1) is 22.3 Å². The molecule has 9 nitrogen and oxygen atoms in total. The lowest BCUT2D eigenvalue weighted by Crippen LogP contribution is -2.49. The molecule has 3 aromatic heterocycles. The minimum absolute atomic E-state index is 0.324. The molecule has 0 atom stereocenters. The Morgan fingerprint density at radius 1 is 1.35 bits per heavy atom. The van der Waals surface area contributed by atoms with E-state index in [4.69, 9.17) is 0 Å². The Morgan fingerprint density at radius 2 is 2.10 bits per heavy atom. The average Bonchev–Trinajstić information content (AvgIpc) is 3.31. The van der Waals surface area contributed by atoms with E-state index in [1.54, 1.807) is 6.20 Å². The number of imidazole rings is 1. The van der Waals surface area contributed by atoms with Crippen LogP contribution in [0.4, 0.5) is 19.3 Å². The zero-order valence-electron chi connectivity index (χ0n) is 17.1. The summed E-state index contributed by atoms with van der Waals surface area (Å²) < 4.78 is 31.0. The van der Waals surface area contributed by atoms with Gasteiger partial charge in [0.2, 0.25) is 0 Å². The predicted molar refractivity (Wildman–Crippen MR) is 109 cm³/mol. The van der Waals surface area contributed by atoms with E-state index in [9.17, 15) is 18.8 Å². The van der Waals surface area contributed by atoms with E-state index in [1.807, 2.05) is 35.7 Å². The normalized spacial score (nSPS) is 14.3. The number of ether oxygens (including phenoxy) is 1. The number of fused-ring (bicyclic) bond motifs is 1. The summed E-state index contributed by atoms with van der Waals surface area (Å²) in [6, 6.07) is 4.11. The van der Waals surface area contributed by atoms with E-state index >= 15 is 0 Å². The van der Waals surface area contributed by atoms with Gasteiger partial charge in [0, 0.05) is 45.6 Å². The first-order valence-corrected chi connectivity index (χ1v) is 9.75. The fourth-order valence-electron chi connectivity index (χ4n) is 3.70. The molecule has 0 saturated carbocycles. The number of aromatic nitrogens is 4. The molecular formula is C20H21F2N7O2. The zero-order chi connectivity index (χ0) is 22.1. The molecule has 1 amide bonds. The zero-order valence-corrected chi connectivity index (χ0v) is 17.1.